The molecule has 1 aliphatic heterocycles. The first-order valence-electron chi connectivity index (χ1n) is 11.3. The lowest BCUT2D eigenvalue weighted by molar-refractivity contribution is 0.0331. The van der Waals surface area contributed by atoms with Crippen LogP contribution in [-0.4, -0.2) is 52.7 Å². The smallest absolute Gasteiger partial charge is 0.196 e. The molecule has 34 heavy (non-hydrogen) atoms. The highest BCUT2D eigenvalue weighted by Crippen LogP contribution is 2.34. The van der Waals surface area contributed by atoms with Gasteiger partial charge in [-0.1, -0.05) is 48.5 Å². The van der Waals surface area contributed by atoms with Crippen molar-refractivity contribution in [3.8, 4) is 0 Å². The molecule has 0 atom stereocenters. The minimum absolute atomic E-state index is 0.144. The number of nitrogens with one attached hydrogen (secondary N) is 1. The van der Waals surface area contributed by atoms with Gasteiger partial charge < -0.3 is 10.1 Å². The van der Waals surface area contributed by atoms with Crippen LogP contribution in [0.4, 0.5) is 11.5 Å². The van der Waals surface area contributed by atoms with E-state index in [1.165, 1.54) is 0 Å². The fourth-order valence-corrected chi connectivity index (χ4v) is 4.63. The minimum atomic E-state index is -0.166. The van der Waals surface area contributed by atoms with E-state index in [1.54, 1.807) is 36.4 Å². The zero-order valence-electron chi connectivity index (χ0n) is 18.5. The van der Waals surface area contributed by atoms with Crippen molar-refractivity contribution in [1.82, 2.24) is 14.9 Å². The zero-order chi connectivity index (χ0) is 23.1. The molecular weight excluding hydrogens is 428 g/mol. The van der Waals surface area contributed by atoms with Gasteiger partial charge in [0.2, 0.25) is 0 Å². The summed E-state index contributed by atoms with van der Waals surface area (Å²) in [5.74, 6) is 0.997. The number of benzene rings is 3. The van der Waals surface area contributed by atoms with Gasteiger partial charge in [0, 0.05) is 35.2 Å². The Balaban J connectivity index is 1.43. The number of para-hydroxylation sites is 1. The van der Waals surface area contributed by atoms with Gasteiger partial charge >= 0.3 is 0 Å². The van der Waals surface area contributed by atoms with Gasteiger partial charge in [0.15, 0.2) is 11.6 Å². The largest absolute Gasteiger partial charge is 0.379 e. The highest BCUT2D eigenvalue weighted by atomic mass is 16.5. The van der Waals surface area contributed by atoms with Crippen molar-refractivity contribution in [3.05, 3.63) is 94.8 Å². The van der Waals surface area contributed by atoms with Crippen LogP contribution < -0.4 is 5.32 Å². The molecule has 3 aromatic carbocycles. The number of anilines is 2. The summed E-state index contributed by atoms with van der Waals surface area (Å²) >= 11 is 0. The summed E-state index contributed by atoms with van der Waals surface area (Å²) in [6.07, 6.45) is 0. The lowest BCUT2D eigenvalue weighted by Crippen LogP contribution is -2.36. The fourth-order valence-electron chi connectivity index (χ4n) is 4.63. The third-order valence-electron chi connectivity index (χ3n) is 6.32. The average molecular weight is 450 g/mol. The number of hydrogen-bond acceptors (Lipinski definition) is 7. The topological polar surface area (TPSA) is 84.4 Å². The molecule has 1 aromatic heterocycles. The quantitative estimate of drug-likeness (QED) is 0.443. The summed E-state index contributed by atoms with van der Waals surface area (Å²) in [5, 5.41) is 4.22. The number of morpholine rings is 1. The molecule has 4 aromatic rings. The van der Waals surface area contributed by atoms with Crippen LogP contribution in [0.3, 0.4) is 0 Å². The summed E-state index contributed by atoms with van der Waals surface area (Å²) in [5.41, 5.74) is 3.03. The lowest BCUT2D eigenvalue weighted by atomic mass is 9.83. The number of fused-ring (bicyclic) bond motifs is 3. The lowest BCUT2D eigenvalue weighted by Gasteiger charge is -2.26. The minimum Gasteiger partial charge on any atom is -0.379 e. The molecule has 0 unspecified atom stereocenters. The summed E-state index contributed by atoms with van der Waals surface area (Å²) in [7, 11) is 0. The van der Waals surface area contributed by atoms with E-state index in [-0.39, 0.29) is 11.6 Å². The number of rotatable bonds is 4. The van der Waals surface area contributed by atoms with Gasteiger partial charge in [0.05, 0.1) is 36.5 Å². The Kier molecular flexibility index (Phi) is 5.13. The van der Waals surface area contributed by atoms with Crippen molar-refractivity contribution in [3.63, 3.8) is 0 Å². The molecule has 1 aliphatic carbocycles. The maximum Gasteiger partial charge on any atom is 0.196 e. The Bertz CT molecular complexity index is 1440. The van der Waals surface area contributed by atoms with Crippen LogP contribution in [0.5, 0.6) is 0 Å². The van der Waals surface area contributed by atoms with Crippen molar-refractivity contribution in [2.45, 2.75) is 6.54 Å². The maximum atomic E-state index is 13.4. The molecule has 1 saturated heterocycles. The second-order valence-corrected chi connectivity index (χ2v) is 8.45. The molecule has 0 spiro atoms. The van der Waals surface area contributed by atoms with Gasteiger partial charge in [-0.15, -0.1) is 0 Å². The number of hydrogen-bond donors (Lipinski definition) is 1. The number of aromatic nitrogens is 2. The van der Waals surface area contributed by atoms with Crippen LogP contribution in [0.25, 0.3) is 10.9 Å². The normalized spacial score (nSPS) is 15.8. The van der Waals surface area contributed by atoms with Crippen LogP contribution in [0, 0.1) is 0 Å². The van der Waals surface area contributed by atoms with E-state index in [1.807, 2.05) is 30.3 Å². The van der Waals surface area contributed by atoms with Crippen LogP contribution >= 0.6 is 0 Å². The molecule has 0 bridgehead atoms. The first-order valence-corrected chi connectivity index (χ1v) is 11.3. The van der Waals surface area contributed by atoms with Crippen LogP contribution in [-0.2, 0) is 11.3 Å². The van der Waals surface area contributed by atoms with Gasteiger partial charge in [-0.25, -0.2) is 9.97 Å². The number of nitrogens with zero attached hydrogens (tertiary/aromatic N) is 3. The van der Waals surface area contributed by atoms with Gasteiger partial charge in [-0.05, 0) is 18.2 Å². The molecule has 1 N–H and O–H groups in total. The van der Waals surface area contributed by atoms with Gasteiger partial charge in [0.25, 0.3) is 0 Å². The highest BCUT2D eigenvalue weighted by molar-refractivity contribution is 6.30. The van der Waals surface area contributed by atoms with Crippen molar-refractivity contribution >= 4 is 34.0 Å². The number of carbonyl (C=O) groups is 2. The maximum absolute atomic E-state index is 13.4. The predicted octanol–water partition coefficient (Wildman–Crippen LogP) is 3.98. The van der Waals surface area contributed by atoms with E-state index in [9.17, 15) is 9.59 Å². The van der Waals surface area contributed by atoms with E-state index < -0.39 is 0 Å². The van der Waals surface area contributed by atoms with E-state index in [0.29, 0.717) is 59.3 Å². The van der Waals surface area contributed by atoms with Crippen LogP contribution in [0.2, 0.25) is 0 Å². The zero-order valence-corrected chi connectivity index (χ0v) is 18.5. The van der Waals surface area contributed by atoms with Gasteiger partial charge in [-0.3, -0.25) is 14.5 Å². The number of ketones is 2. The van der Waals surface area contributed by atoms with Crippen molar-refractivity contribution in [1.29, 1.82) is 0 Å². The second-order valence-electron chi connectivity index (χ2n) is 8.45. The molecule has 0 saturated carbocycles. The molecule has 6 rings (SSSR count). The molecule has 2 aliphatic rings. The van der Waals surface area contributed by atoms with Crippen LogP contribution in [0.1, 0.15) is 37.7 Å². The van der Waals surface area contributed by atoms with Gasteiger partial charge in [0.1, 0.15) is 11.6 Å². The Morgan fingerprint density at radius 2 is 1.50 bits per heavy atom. The van der Waals surface area contributed by atoms with E-state index in [2.05, 4.69) is 10.2 Å². The SMILES string of the molecule is O=C1c2ccccc2C(=O)c2c(Nc3nc(CN4CCOCC4)nc4ccccc34)cccc21. The monoisotopic (exact) mass is 450 g/mol. The molecule has 1 fully saturated rings. The Hall–Kier alpha value is -3.94. The van der Waals surface area contributed by atoms with E-state index >= 15 is 0 Å². The summed E-state index contributed by atoms with van der Waals surface area (Å²) in [6, 6.07) is 20.1. The molecule has 7 nitrogen and oxygen atoms in total. The predicted molar refractivity (Wildman–Crippen MR) is 129 cm³/mol. The third kappa shape index (κ3) is 3.55. The molecule has 2 heterocycles. The van der Waals surface area contributed by atoms with Crippen molar-refractivity contribution < 1.29 is 14.3 Å². The molecule has 7 heteroatoms. The molecule has 168 valence electrons. The van der Waals surface area contributed by atoms with E-state index in [4.69, 9.17) is 14.7 Å². The Labute approximate surface area is 196 Å². The highest BCUT2D eigenvalue weighted by Gasteiger charge is 2.31. The van der Waals surface area contributed by atoms with Gasteiger partial charge in [-0.2, -0.15) is 0 Å². The van der Waals surface area contributed by atoms with Crippen molar-refractivity contribution in [2.24, 2.45) is 0 Å². The summed E-state index contributed by atoms with van der Waals surface area (Å²) in [4.78, 5) is 38.4. The Morgan fingerprint density at radius 3 is 2.32 bits per heavy atom. The third-order valence-corrected chi connectivity index (χ3v) is 6.32. The molecule has 0 amide bonds. The first kappa shape index (κ1) is 20.7. The number of carbonyl (C=O) groups excluding carboxylic acids is 2. The summed E-state index contributed by atoms with van der Waals surface area (Å²) in [6.45, 7) is 3.68. The fraction of sp³-hybridized carbons (Fsp3) is 0.185. The average Bonchev–Trinajstić information content (AvgIpc) is 2.88. The molecular formula is C27H22N4O3. The van der Waals surface area contributed by atoms with Crippen molar-refractivity contribution in [2.75, 3.05) is 31.6 Å². The Morgan fingerprint density at radius 1 is 0.794 bits per heavy atom. The summed E-state index contributed by atoms with van der Waals surface area (Å²) < 4.78 is 5.45. The van der Waals surface area contributed by atoms with E-state index in [0.717, 1.165) is 24.0 Å². The van der Waals surface area contributed by atoms with Crippen LogP contribution in [0.15, 0.2) is 66.7 Å². The molecule has 0 radical (unpaired) electrons. The second kappa shape index (κ2) is 8.44. The number of ether oxygens (including phenoxy) is 1. The first-order chi connectivity index (χ1) is 16.7. The standard InChI is InChI=1S/C27H22N4O3/c32-25-17-6-1-2-7-18(17)26(33)24-20(25)9-5-11-22(24)29-27-19-8-3-4-10-21(19)28-23(30-27)16-31-12-14-34-15-13-31/h1-11H,12-16H2,(H,28,29,30).